The second-order valence-electron chi connectivity index (χ2n) is 4.41. The Hall–Kier alpha value is -2.19. The van der Waals surface area contributed by atoms with Crippen LogP contribution in [0.1, 0.15) is 11.5 Å². The Labute approximate surface area is 123 Å². The highest BCUT2D eigenvalue weighted by atomic mass is 32.2. The highest BCUT2D eigenvalue weighted by Crippen LogP contribution is 2.22. The van der Waals surface area contributed by atoms with Gasteiger partial charge in [-0.1, -0.05) is 0 Å². The van der Waals surface area contributed by atoms with Gasteiger partial charge in [0.1, 0.15) is 5.82 Å². The number of rotatable bonds is 5. The fourth-order valence-corrected chi connectivity index (χ4v) is 2.54. The fourth-order valence-electron chi connectivity index (χ4n) is 1.78. The zero-order valence-electron chi connectivity index (χ0n) is 11.8. The summed E-state index contributed by atoms with van der Waals surface area (Å²) in [6.07, 6.45) is 1.69. The molecule has 1 heterocycles. The van der Waals surface area contributed by atoms with Crippen LogP contribution in [0.15, 0.2) is 35.4 Å². The normalized spacial score (nSPS) is 11.3. The predicted molar refractivity (Wildman–Crippen MR) is 81.2 cm³/mol. The SMILES string of the molecule is CNS(=O)(=O)c1ccc(NCc2ccnc(C)n2)c(N)c1. The Morgan fingerprint density at radius 1 is 1.29 bits per heavy atom. The Morgan fingerprint density at radius 2 is 2.05 bits per heavy atom. The third kappa shape index (κ3) is 3.67. The van der Waals surface area contributed by atoms with E-state index < -0.39 is 10.0 Å². The molecule has 112 valence electrons. The largest absolute Gasteiger partial charge is 0.397 e. The maximum atomic E-state index is 11.7. The van der Waals surface area contributed by atoms with Gasteiger partial charge in [0.15, 0.2) is 0 Å². The number of hydrogen-bond donors (Lipinski definition) is 3. The van der Waals surface area contributed by atoms with Crippen LogP contribution >= 0.6 is 0 Å². The minimum atomic E-state index is -3.49. The third-order valence-electron chi connectivity index (χ3n) is 2.90. The molecule has 0 fully saturated rings. The van der Waals surface area contributed by atoms with E-state index in [1.807, 2.05) is 6.92 Å². The summed E-state index contributed by atoms with van der Waals surface area (Å²) >= 11 is 0. The first-order valence-electron chi connectivity index (χ1n) is 6.28. The molecule has 0 aliphatic heterocycles. The Bertz CT molecular complexity index is 746. The molecule has 0 atom stereocenters. The molecule has 0 unspecified atom stereocenters. The molecule has 1 aromatic carbocycles. The van der Waals surface area contributed by atoms with Crippen LogP contribution < -0.4 is 15.8 Å². The Morgan fingerprint density at radius 3 is 2.67 bits per heavy atom. The van der Waals surface area contributed by atoms with Crippen LogP contribution in [0.4, 0.5) is 11.4 Å². The molecule has 0 aliphatic carbocycles. The van der Waals surface area contributed by atoms with E-state index in [1.165, 1.54) is 19.2 Å². The summed E-state index contributed by atoms with van der Waals surface area (Å²) in [5.74, 6) is 0.692. The number of nitrogen functional groups attached to an aromatic ring is 1. The van der Waals surface area contributed by atoms with Crippen molar-refractivity contribution in [2.75, 3.05) is 18.1 Å². The first-order chi connectivity index (χ1) is 9.92. The van der Waals surface area contributed by atoms with Gasteiger partial charge in [0.05, 0.1) is 28.5 Å². The number of aromatic nitrogens is 2. The molecule has 0 amide bonds. The molecule has 1 aromatic heterocycles. The van der Waals surface area contributed by atoms with Crippen molar-refractivity contribution in [3.05, 3.63) is 42.0 Å². The molecule has 0 bridgehead atoms. The minimum absolute atomic E-state index is 0.130. The molecule has 0 saturated carbocycles. The number of anilines is 2. The zero-order valence-corrected chi connectivity index (χ0v) is 12.6. The topological polar surface area (TPSA) is 110 Å². The Kier molecular flexibility index (Phi) is 4.39. The maximum absolute atomic E-state index is 11.7. The second-order valence-corrected chi connectivity index (χ2v) is 6.29. The van der Waals surface area contributed by atoms with Gasteiger partial charge < -0.3 is 11.1 Å². The molecule has 0 aliphatic rings. The lowest BCUT2D eigenvalue weighted by Crippen LogP contribution is -2.18. The highest BCUT2D eigenvalue weighted by molar-refractivity contribution is 7.89. The van der Waals surface area contributed by atoms with Gasteiger partial charge in [0.2, 0.25) is 10.0 Å². The van der Waals surface area contributed by atoms with Crippen molar-refractivity contribution in [2.45, 2.75) is 18.4 Å². The van der Waals surface area contributed by atoms with Crippen molar-refractivity contribution < 1.29 is 8.42 Å². The monoisotopic (exact) mass is 307 g/mol. The second kappa shape index (κ2) is 6.06. The van der Waals surface area contributed by atoms with Crippen molar-refractivity contribution in [1.82, 2.24) is 14.7 Å². The van der Waals surface area contributed by atoms with Crippen molar-refractivity contribution in [1.29, 1.82) is 0 Å². The standard InChI is InChI=1S/C13H17N5O2S/c1-9-16-6-5-10(18-9)8-17-13-4-3-11(7-12(13)14)21(19,20)15-2/h3-7,15,17H,8,14H2,1-2H3. The lowest BCUT2D eigenvalue weighted by Gasteiger charge is -2.11. The molecule has 8 heteroatoms. The fraction of sp³-hybridized carbons (Fsp3) is 0.231. The van der Waals surface area contributed by atoms with E-state index in [-0.39, 0.29) is 4.90 Å². The van der Waals surface area contributed by atoms with E-state index in [0.717, 1.165) is 5.69 Å². The van der Waals surface area contributed by atoms with Crippen LogP contribution in [0.3, 0.4) is 0 Å². The van der Waals surface area contributed by atoms with Crippen molar-refractivity contribution in [3.8, 4) is 0 Å². The minimum Gasteiger partial charge on any atom is -0.397 e. The van der Waals surface area contributed by atoms with Gasteiger partial charge in [-0.15, -0.1) is 0 Å². The summed E-state index contributed by atoms with van der Waals surface area (Å²) in [5.41, 5.74) is 7.72. The zero-order chi connectivity index (χ0) is 15.5. The van der Waals surface area contributed by atoms with Crippen LogP contribution in [0.25, 0.3) is 0 Å². The molecule has 0 radical (unpaired) electrons. The van der Waals surface area contributed by atoms with Gasteiger partial charge in [-0.25, -0.2) is 23.1 Å². The van der Waals surface area contributed by atoms with E-state index in [2.05, 4.69) is 20.0 Å². The van der Waals surface area contributed by atoms with Crippen LogP contribution in [-0.2, 0) is 16.6 Å². The van der Waals surface area contributed by atoms with Gasteiger partial charge in [-0.3, -0.25) is 0 Å². The van der Waals surface area contributed by atoms with Crippen LogP contribution in [0.2, 0.25) is 0 Å². The number of nitrogens with two attached hydrogens (primary N) is 1. The number of benzene rings is 1. The highest BCUT2D eigenvalue weighted by Gasteiger charge is 2.12. The number of nitrogens with one attached hydrogen (secondary N) is 2. The average Bonchev–Trinajstić information content (AvgIpc) is 2.46. The quantitative estimate of drug-likeness (QED) is 0.708. The van der Waals surface area contributed by atoms with Gasteiger partial charge in [-0.2, -0.15) is 0 Å². The summed E-state index contributed by atoms with van der Waals surface area (Å²) in [5, 5.41) is 3.12. The van der Waals surface area contributed by atoms with E-state index in [1.54, 1.807) is 18.3 Å². The number of nitrogens with zero attached hydrogens (tertiary/aromatic N) is 2. The van der Waals surface area contributed by atoms with E-state index in [9.17, 15) is 8.42 Å². The van der Waals surface area contributed by atoms with Crippen molar-refractivity contribution in [3.63, 3.8) is 0 Å². The molecule has 7 nitrogen and oxygen atoms in total. The summed E-state index contributed by atoms with van der Waals surface area (Å²) in [6.45, 7) is 2.29. The van der Waals surface area contributed by atoms with Gasteiger partial charge >= 0.3 is 0 Å². The first-order valence-corrected chi connectivity index (χ1v) is 7.76. The number of aryl methyl sites for hydroxylation is 1. The van der Waals surface area contributed by atoms with Crippen LogP contribution in [0, 0.1) is 6.92 Å². The lowest BCUT2D eigenvalue weighted by molar-refractivity contribution is 0.588. The molecule has 2 aromatic rings. The van der Waals surface area contributed by atoms with Gasteiger partial charge in [0.25, 0.3) is 0 Å². The molecular weight excluding hydrogens is 290 g/mol. The van der Waals surface area contributed by atoms with Crippen LogP contribution in [-0.4, -0.2) is 25.4 Å². The number of sulfonamides is 1. The molecule has 2 rings (SSSR count). The van der Waals surface area contributed by atoms with E-state index >= 15 is 0 Å². The van der Waals surface area contributed by atoms with E-state index in [4.69, 9.17) is 5.73 Å². The predicted octanol–water partition coefficient (Wildman–Crippen LogP) is 0.887. The van der Waals surface area contributed by atoms with Gasteiger partial charge in [-0.05, 0) is 38.2 Å². The molecule has 21 heavy (non-hydrogen) atoms. The average molecular weight is 307 g/mol. The van der Waals surface area contributed by atoms with Gasteiger partial charge in [0, 0.05) is 6.20 Å². The third-order valence-corrected chi connectivity index (χ3v) is 4.31. The van der Waals surface area contributed by atoms with Crippen LogP contribution in [0.5, 0.6) is 0 Å². The molecular formula is C13H17N5O2S. The molecule has 4 N–H and O–H groups in total. The smallest absolute Gasteiger partial charge is 0.240 e. The first kappa shape index (κ1) is 15.2. The molecule has 0 spiro atoms. The summed E-state index contributed by atoms with van der Waals surface area (Å²) < 4.78 is 25.6. The lowest BCUT2D eigenvalue weighted by atomic mass is 10.2. The van der Waals surface area contributed by atoms with E-state index in [0.29, 0.717) is 23.7 Å². The maximum Gasteiger partial charge on any atom is 0.240 e. The number of hydrogen-bond acceptors (Lipinski definition) is 6. The Balaban J connectivity index is 2.15. The summed E-state index contributed by atoms with van der Waals surface area (Å²) in [7, 11) is -2.13. The summed E-state index contributed by atoms with van der Waals surface area (Å²) in [6, 6.07) is 6.35. The molecule has 0 saturated heterocycles. The van der Waals surface area contributed by atoms with Crippen molar-refractivity contribution in [2.24, 2.45) is 0 Å². The van der Waals surface area contributed by atoms with Crippen molar-refractivity contribution >= 4 is 21.4 Å². The summed E-state index contributed by atoms with van der Waals surface area (Å²) in [4.78, 5) is 8.42.